The summed E-state index contributed by atoms with van der Waals surface area (Å²) in [4.78, 5) is 0. The number of hydrogen-bond donors (Lipinski definition) is 0. The molecule has 0 spiro atoms. The van der Waals surface area contributed by atoms with E-state index in [0.717, 1.165) is 29.5 Å². The molecule has 0 bridgehead atoms. The fourth-order valence-corrected chi connectivity index (χ4v) is 4.43. The third kappa shape index (κ3) is 2.57. The van der Waals surface area contributed by atoms with E-state index in [2.05, 4.69) is 66.2 Å². The van der Waals surface area contributed by atoms with E-state index >= 15 is 0 Å². The summed E-state index contributed by atoms with van der Waals surface area (Å²) >= 11 is 9.97. The SMILES string of the molecule is CCC1(CC)C(Cl)CC1Oc1ccc2cc(Br)ccc2c1. The van der Waals surface area contributed by atoms with E-state index in [1.165, 1.54) is 10.8 Å². The summed E-state index contributed by atoms with van der Waals surface area (Å²) in [7, 11) is 0. The van der Waals surface area contributed by atoms with Gasteiger partial charge in [-0.15, -0.1) is 11.6 Å². The number of hydrogen-bond acceptors (Lipinski definition) is 1. The van der Waals surface area contributed by atoms with Crippen LogP contribution < -0.4 is 4.74 Å². The quantitative estimate of drug-likeness (QED) is 0.587. The van der Waals surface area contributed by atoms with Crippen molar-refractivity contribution in [2.24, 2.45) is 5.41 Å². The molecule has 1 aliphatic rings. The Morgan fingerprint density at radius 3 is 2.48 bits per heavy atom. The number of rotatable bonds is 4. The molecule has 0 N–H and O–H groups in total. The maximum Gasteiger partial charge on any atom is 0.120 e. The van der Waals surface area contributed by atoms with Crippen molar-refractivity contribution < 1.29 is 4.74 Å². The summed E-state index contributed by atoms with van der Waals surface area (Å²) in [5, 5.41) is 2.67. The standard InChI is InChI=1S/C18H20BrClO/c1-3-18(4-2)16(20)11-17(18)21-15-8-6-12-9-14(19)7-5-13(12)10-15/h5-10,16-17H,3-4,11H2,1-2H3. The first kappa shape index (κ1) is 15.2. The summed E-state index contributed by atoms with van der Waals surface area (Å²) in [6.07, 6.45) is 3.33. The number of halogens is 2. The van der Waals surface area contributed by atoms with E-state index in [-0.39, 0.29) is 16.9 Å². The molecule has 1 nitrogen and oxygen atoms in total. The first-order chi connectivity index (χ1) is 10.1. The van der Waals surface area contributed by atoms with Crippen LogP contribution in [0.15, 0.2) is 40.9 Å². The first-order valence-electron chi connectivity index (χ1n) is 7.59. The molecule has 0 saturated heterocycles. The van der Waals surface area contributed by atoms with Crippen molar-refractivity contribution in [3.63, 3.8) is 0 Å². The second-order valence-electron chi connectivity index (χ2n) is 5.90. The molecule has 1 fully saturated rings. The molecule has 1 aliphatic carbocycles. The Hall–Kier alpha value is -0.730. The van der Waals surface area contributed by atoms with Gasteiger partial charge in [0.05, 0.1) is 0 Å². The van der Waals surface area contributed by atoms with Gasteiger partial charge in [-0.2, -0.15) is 0 Å². The molecule has 0 radical (unpaired) electrons. The highest BCUT2D eigenvalue weighted by atomic mass is 79.9. The molecule has 1 saturated carbocycles. The summed E-state index contributed by atoms with van der Waals surface area (Å²) in [6, 6.07) is 12.6. The fraction of sp³-hybridized carbons (Fsp3) is 0.444. The van der Waals surface area contributed by atoms with Crippen LogP contribution in [0.5, 0.6) is 5.75 Å². The Kier molecular flexibility index (Phi) is 4.20. The van der Waals surface area contributed by atoms with Crippen LogP contribution >= 0.6 is 27.5 Å². The highest BCUT2D eigenvalue weighted by Crippen LogP contribution is 2.51. The Labute approximate surface area is 139 Å². The number of alkyl halides is 1. The van der Waals surface area contributed by atoms with Gasteiger partial charge in [0.1, 0.15) is 11.9 Å². The fourth-order valence-electron chi connectivity index (χ4n) is 3.44. The van der Waals surface area contributed by atoms with Gasteiger partial charge in [0, 0.05) is 21.7 Å². The summed E-state index contributed by atoms with van der Waals surface area (Å²) in [6.45, 7) is 4.43. The number of benzene rings is 2. The van der Waals surface area contributed by atoms with Crippen molar-refractivity contribution in [3.05, 3.63) is 40.9 Å². The summed E-state index contributed by atoms with van der Waals surface area (Å²) < 4.78 is 7.36. The van der Waals surface area contributed by atoms with Crippen LogP contribution in [0, 0.1) is 5.41 Å². The van der Waals surface area contributed by atoms with Gasteiger partial charge in [0.2, 0.25) is 0 Å². The van der Waals surface area contributed by atoms with Crippen molar-refractivity contribution >= 4 is 38.3 Å². The maximum atomic E-state index is 6.46. The predicted octanol–water partition coefficient (Wildman–Crippen LogP) is 6.17. The van der Waals surface area contributed by atoms with Crippen LogP contribution in [0.4, 0.5) is 0 Å². The van der Waals surface area contributed by atoms with Crippen molar-refractivity contribution in [1.82, 2.24) is 0 Å². The van der Waals surface area contributed by atoms with E-state index in [1.54, 1.807) is 0 Å². The molecular formula is C18H20BrClO. The molecule has 2 aromatic carbocycles. The third-order valence-electron chi connectivity index (χ3n) is 5.05. The van der Waals surface area contributed by atoms with Gasteiger partial charge in [-0.3, -0.25) is 0 Å². The van der Waals surface area contributed by atoms with Crippen molar-refractivity contribution in [1.29, 1.82) is 0 Å². The Bertz CT molecular complexity index is 651. The van der Waals surface area contributed by atoms with E-state index in [9.17, 15) is 0 Å². The lowest BCUT2D eigenvalue weighted by Crippen LogP contribution is -2.56. The molecule has 112 valence electrons. The molecule has 21 heavy (non-hydrogen) atoms. The minimum atomic E-state index is 0.135. The van der Waals surface area contributed by atoms with Crippen LogP contribution in [-0.4, -0.2) is 11.5 Å². The molecule has 2 atom stereocenters. The van der Waals surface area contributed by atoms with Crippen molar-refractivity contribution in [2.45, 2.75) is 44.6 Å². The largest absolute Gasteiger partial charge is 0.490 e. The Morgan fingerprint density at radius 2 is 1.81 bits per heavy atom. The van der Waals surface area contributed by atoms with E-state index in [1.807, 2.05) is 0 Å². The molecule has 2 unspecified atom stereocenters. The van der Waals surface area contributed by atoms with Gasteiger partial charge < -0.3 is 4.74 Å². The lowest BCUT2D eigenvalue weighted by Gasteiger charge is -2.52. The molecule has 0 heterocycles. The van der Waals surface area contributed by atoms with Gasteiger partial charge >= 0.3 is 0 Å². The zero-order valence-corrected chi connectivity index (χ0v) is 14.7. The molecule has 3 rings (SSSR count). The third-order valence-corrected chi connectivity index (χ3v) is 6.16. The first-order valence-corrected chi connectivity index (χ1v) is 8.82. The van der Waals surface area contributed by atoms with Crippen molar-refractivity contribution in [3.8, 4) is 5.75 Å². The second-order valence-corrected chi connectivity index (χ2v) is 7.35. The average molecular weight is 368 g/mol. The highest BCUT2D eigenvalue weighted by molar-refractivity contribution is 9.10. The Balaban J connectivity index is 1.84. The average Bonchev–Trinajstić information content (AvgIpc) is 2.48. The number of ether oxygens (including phenoxy) is 1. The molecule has 2 aromatic rings. The van der Waals surface area contributed by atoms with Crippen LogP contribution in [0.25, 0.3) is 10.8 Å². The van der Waals surface area contributed by atoms with Gasteiger partial charge in [-0.1, -0.05) is 41.9 Å². The predicted molar refractivity (Wildman–Crippen MR) is 93.3 cm³/mol. The maximum absolute atomic E-state index is 6.46. The normalized spacial score (nSPS) is 23.8. The van der Waals surface area contributed by atoms with Gasteiger partial charge in [0.15, 0.2) is 0 Å². The van der Waals surface area contributed by atoms with Gasteiger partial charge in [-0.25, -0.2) is 0 Å². The zero-order chi connectivity index (χ0) is 15.0. The minimum absolute atomic E-state index is 0.135. The van der Waals surface area contributed by atoms with E-state index in [0.29, 0.717) is 0 Å². The molecule has 0 aromatic heterocycles. The molecule has 0 aliphatic heterocycles. The monoisotopic (exact) mass is 366 g/mol. The lowest BCUT2D eigenvalue weighted by molar-refractivity contribution is -0.0461. The smallest absolute Gasteiger partial charge is 0.120 e. The lowest BCUT2D eigenvalue weighted by atomic mass is 9.62. The van der Waals surface area contributed by atoms with Crippen LogP contribution in [0.2, 0.25) is 0 Å². The summed E-state index contributed by atoms with van der Waals surface area (Å²) in [5.41, 5.74) is 0.135. The molecule has 3 heteroatoms. The highest BCUT2D eigenvalue weighted by Gasteiger charge is 2.53. The Morgan fingerprint density at radius 1 is 1.14 bits per heavy atom. The minimum Gasteiger partial charge on any atom is -0.490 e. The molecule has 0 amide bonds. The van der Waals surface area contributed by atoms with Crippen LogP contribution in [0.1, 0.15) is 33.1 Å². The topological polar surface area (TPSA) is 9.23 Å². The number of fused-ring (bicyclic) bond motifs is 1. The van der Waals surface area contributed by atoms with E-state index < -0.39 is 0 Å². The van der Waals surface area contributed by atoms with Gasteiger partial charge in [-0.05, 0) is 47.9 Å². The van der Waals surface area contributed by atoms with Crippen molar-refractivity contribution in [2.75, 3.05) is 0 Å². The summed E-state index contributed by atoms with van der Waals surface area (Å²) in [5.74, 6) is 0.949. The van der Waals surface area contributed by atoms with Gasteiger partial charge in [0.25, 0.3) is 0 Å². The van der Waals surface area contributed by atoms with Crippen LogP contribution in [-0.2, 0) is 0 Å². The van der Waals surface area contributed by atoms with E-state index in [4.69, 9.17) is 16.3 Å². The second kappa shape index (κ2) is 5.81. The zero-order valence-electron chi connectivity index (χ0n) is 12.4. The molecular weight excluding hydrogens is 348 g/mol. The van der Waals surface area contributed by atoms with Crippen LogP contribution in [0.3, 0.4) is 0 Å².